The minimum Gasteiger partial charge on any atom is -0.309 e. The summed E-state index contributed by atoms with van der Waals surface area (Å²) in [7, 11) is 0. The Morgan fingerprint density at radius 3 is 2.96 bits per heavy atom. The van der Waals surface area contributed by atoms with Gasteiger partial charge in [-0.25, -0.2) is 4.98 Å². The molecular formula is C15H13N5OS3. The van der Waals surface area contributed by atoms with E-state index in [0.29, 0.717) is 16.3 Å². The molecule has 4 aromatic rings. The van der Waals surface area contributed by atoms with Gasteiger partial charge < -0.3 is 9.55 Å². The Morgan fingerprint density at radius 2 is 2.17 bits per heavy atom. The first-order valence-electron chi connectivity index (χ1n) is 7.32. The van der Waals surface area contributed by atoms with Crippen molar-refractivity contribution >= 4 is 44.7 Å². The van der Waals surface area contributed by atoms with Crippen LogP contribution in [0.15, 0.2) is 38.9 Å². The smallest absolute Gasteiger partial charge is 0.268 e. The second-order valence-electron chi connectivity index (χ2n) is 4.96. The van der Waals surface area contributed by atoms with E-state index in [1.165, 1.54) is 23.1 Å². The summed E-state index contributed by atoms with van der Waals surface area (Å²) in [5, 5.41) is 13.3. The lowest BCUT2D eigenvalue weighted by Crippen LogP contribution is -2.09. The van der Waals surface area contributed by atoms with Gasteiger partial charge in [0.05, 0.1) is 16.1 Å². The van der Waals surface area contributed by atoms with Crippen molar-refractivity contribution in [3.8, 4) is 10.7 Å². The van der Waals surface area contributed by atoms with E-state index < -0.39 is 0 Å². The molecule has 0 spiro atoms. The first-order valence-corrected chi connectivity index (χ1v) is 10.1. The molecule has 4 heterocycles. The molecule has 0 radical (unpaired) electrons. The molecule has 24 heavy (non-hydrogen) atoms. The molecule has 9 heteroatoms. The summed E-state index contributed by atoms with van der Waals surface area (Å²) in [4.78, 5) is 20.5. The van der Waals surface area contributed by atoms with Crippen LogP contribution in [0.25, 0.3) is 20.9 Å². The Bertz CT molecular complexity index is 1030. The lowest BCUT2D eigenvalue weighted by atomic mass is 10.4. The maximum Gasteiger partial charge on any atom is 0.268 e. The van der Waals surface area contributed by atoms with Crippen LogP contribution in [-0.2, 0) is 12.3 Å². The van der Waals surface area contributed by atoms with Gasteiger partial charge in [-0.05, 0) is 29.8 Å². The Hall–Kier alpha value is -1.97. The number of aromatic nitrogens is 5. The highest BCUT2D eigenvalue weighted by Crippen LogP contribution is 2.28. The van der Waals surface area contributed by atoms with Crippen molar-refractivity contribution < 1.29 is 0 Å². The second kappa shape index (κ2) is 6.50. The predicted octanol–water partition coefficient (Wildman–Crippen LogP) is 3.62. The predicted molar refractivity (Wildman–Crippen MR) is 98.8 cm³/mol. The summed E-state index contributed by atoms with van der Waals surface area (Å²) >= 11 is 4.58. The maximum atomic E-state index is 12.0. The number of thioether (sulfide) groups is 1. The molecule has 0 aromatic carbocycles. The quantitative estimate of drug-likeness (QED) is 0.539. The Morgan fingerprint density at radius 1 is 1.25 bits per heavy atom. The molecule has 4 aromatic heterocycles. The first-order chi connectivity index (χ1) is 11.8. The van der Waals surface area contributed by atoms with Gasteiger partial charge in [-0.15, -0.1) is 32.9 Å². The zero-order chi connectivity index (χ0) is 16.5. The molecule has 0 amide bonds. The van der Waals surface area contributed by atoms with E-state index in [0.717, 1.165) is 27.9 Å². The number of rotatable bonds is 5. The largest absolute Gasteiger partial charge is 0.309 e. The van der Waals surface area contributed by atoms with Gasteiger partial charge in [0.1, 0.15) is 10.5 Å². The average molecular weight is 376 g/mol. The molecule has 1 N–H and O–H groups in total. The highest BCUT2D eigenvalue weighted by molar-refractivity contribution is 7.98. The number of aromatic amines is 1. The van der Waals surface area contributed by atoms with Gasteiger partial charge in [0.15, 0.2) is 11.0 Å². The van der Waals surface area contributed by atoms with E-state index in [4.69, 9.17) is 0 Å². The molecule has 0 saturated heterocycles. The van der Waals surface area contributed by atoms with E-state index in [9.17, 15) is 4.79 Å². The first kappa shape index (κ1) is 15.6. The van der Waals surface area contributed by atoms with Gasteiger partial charge in [0.2, 0.25) is 0 Å². The number of nitrogens with one attached hydrogen (secondary N) is 1. The molecule has 4 rings (SSSR count). The lowest BCUT2D eigenvalue weighted by Gasteiger charge is -2.06. The number of nitrogens with zero attached hydrogens (tertiary/aromatic N) is 4. The zero-order valence-corrected chi connectivity index (χ0v) is 15.2. The fourth-order valence-electron chi connectivity index (χ4n) is 2.39. The van der Waals surface area contributed by atoms with E-state index in [-0.39, 0.29) is 5.56 Å². The van der Waals surface area contributed by atoms with Crippen LogP contribution in [0.1, 0.15) is 12.7 Å². The van der Waals surface area contributed by atoms with Gasteiger partial charge in [0.25, 0.3) is 5.56 Å². The number of hydrogen-bond acceptors (Lipinski definition) is 7. The molecule has 0 atom stereocenters. The van der Waals surface area contributed by atoms with Crippen LogP contribution >= 0.6 is 34.4 Å². The number of hydrogen-bond donors (Lipinski definition) is 1. The van der Waals surface area contributed by atoms with Gasteiger partial charge in [-0.2, -0.15) is 0 Å². The van der Waals surface area contributed by atoms with Crippen LogP contribution in [0.3, 0.4) is 0 Å². The van der Waals surface area contributed by atoms with Crippen LogP contribution in [0.2, 0.25) is 0 Å². The Balaban J connectivity index is 1.60. The molecule has 0 aliphatic carbocycles. The van der Waals surface area contributed by atoms with Crippen molar-refractivity contribution in [1.82, 2.24) is 24.7 Å². The van der Waals surface area contributed by atoms with Crippen molar-refractivity contribution in [2.24, 2.45) is 0 Å². The van der Waals surface area contributed by atoms with E-state index in [2.05, 4.69) is 31.7 Å². The third-order valence-corrected chi connectivity index (χ3v) is 6.22. The van der Waals surface area contributed by atoms with Crippen LogP contribution in [0.5, 0.6) is 0 Å². The van der Waals surface area contributed by atoms with E-state index >= 15 is 0 Å². The SMILES string of the molecule is CCn1c(SCc2nc3ccsc3c(=O)[nH]2)nnc1-c1cccs1. The Labute approximate surface area is 149 Å². The molecule has 122 valence electrons. The lowest BCUT2D eigenvalue weighted by molar-refractivity contribution is 0.687. The molecule has 0 bridgehead atoms. The maximum absolute atomic E-state index is 12.0. The summed E-state index contributed by atoms with van der Waals surface area (Å²) in [5.74, 6) is 2.08. The molecule has 0 saturated carbocycles. The number of fused-ring (bicyclic) bond motifs is 1. The van der Waals surface area contributed by atoms with Gasteiger partial charge in [0, 0.05) is 6.54 Å². The fourth-order valence-corrected chi connectivity index (χ4v) is 4.71. The second-order valence-corrected chi connectivity index (χ2v) is 7.77. The average Bonchev–Trinajstić information content (AvgIpc) is 3.31. The molecule has 6 nitrogen and oxygen atoms in total. The molecule has 0 fully saturated rings. The normalized spacial score (nSPS) is 11.4. The minimum absolute atomic E-state index is 0.0816. The highest BCUT2D eigenvalue weighted by atomic mass is 32.2. The monoisotopic (exact) mass is 375 g/mol. The van der Waals surface area contributed by atoms with Gasteiger partial charge in [-0.3, -0.25) is 4.79 Å². The van der Waals surface area contributed by atoms with E-state index in [1.54, 1.807) is 11.3 Å². The summed E-state index contributed by atoms with van der Waals surface area (Å²) < 4.78 is 2.75. The van der Waals surface area contributed by atoms with Crippen molar-refractivity contribution in [1.29, 1.82) is 0 Å². The van der Waals surface area contributed by atoms with Gasteiger partial charge in [-0.1, -0.05) is 17.8 Å². The summed E-state index contributed by atoms with van der Waals surface area (Å²) in [6.07, 6.45) is 0. The van der Waals surface area contributed by atoms with E-state index in [1.807, 2.05) is 29.0 Å². The van der Waals surface area contributed by atoms with Gasteiger partial charge >= 0.3 is 0 Å². The molecule has 0 aliphatic heterocycles. The number of H-pyrrole nitrogens is 1. The molecule has 0 unspecified atom stereocenters. The highest BCUT2D eigenvalue weighted by Gasteiger charge is 2.14. The van der Waals surface area contributed by atoms with Crippen molar-refractivity contribution in [2.75, 3.05) is 0 Å². The van der Waals surface area contributed by atoms with Crippen molar-refractivity contribution in [3.63, 3.8) is 0 Å². The van der Waals surface area contributed by atoms with Crippen LogP contribution < -0.4 is 5.56 Å². The summed E-state index contributed by atoms with van der Waals surface area (Å²) in [6, 6.07) is 5.91. The van der Waals surface area contributed by atoms with Crippen molar-refractivity contribution in [2.45, 2.75) is 24.4 Å². The third kappa shape index (κ3) is 2.79. The molecule has 0 aliphatic rings. The minimum atomic E-state index is -0.0816. The molecular weight excluding hydrogens is 362 g/mol. The topological polar surface area (TPSA) is 76.5 Å². The van der Waals surface area contributed by atoms with Crippen LogP contribution in [0, 0.1) is 0 Å². The van der Waals surface area contributed by atoms with Crippen LogP contribution in [0.4, 0.5) is 0 Å². The standard InChI is InChI=1S/C15H13N5OS3/c1-2-20-13(10-4-3-6-22-10)18-19-15(20)24-8-11-16-9-5-7-23-12(9)14(21)17-11/h3-7H,2,8H2,1H3,(H,16,17,21). The summed E-state index contributed by atoms with van der Waals surface area (Å²) in [6.45, 7) is 2.86. The number of thiophene rings is 2. The Kier molecular flexibility index (Phi) is 4.21. The third-order valence-electron chi connectivity index (χ3n) is 3.48. The van der Waals surface area contributed by atoms with Crippen molar-refractivity contribution in [3.05, 3.63) is 45.1 Å². The van der Waals surface area contributed by atoms with Crippen LogP contribution in [-0.4, -0.2) is 24.7 Å². The zero-order valence-electron chi connectivity index (χ0n) is 12.7. The summed E-state index contributed by atoms with van der Waals surface area (Å²) in [5.41, 5.74) is 0.664. The fraction of sp³-hybridized carbons (Fsp3) is 0.200.